The van der Waals surface area contributed by atoms with E-state index in [1.165, 1.54) is 18.6 Å². The lowest BCUT2D eigenvalue weighted by molar-refractivity contribution is -0.137. The van der Waals surface area contributed by atoms with Crippen LogP contribution in [0.1, 0.15) is 66.9 Å². The van der Waals surface area contributed by atoms with Crippen molar-refractivity contribution in [3.8, 4) is 0 Å². The summed E-state index contributed by atoms with van der Waals surface area (Å²) < 4.78 is 13.6. The standard InChI is InChI=1S/C22H26FN3O2/c23-17-8-9-19-16(11-17)12-18(21(24)27)20(25-19)15-7-4-10-26(13-15)22(28)14-5-2-1-3-6-14/h8-9,11-12,14-15H,1-7,10,13H2,(H2,24,27). The molecule has 148 valence electrons. The maximum absolute atomic E-state index is 13.6. The van der Waals surface area contributed by atoms with Crippen molar-refractivity contribution in [2.75, 3.05) is 13.1 Å². The number of primary amides is 1. The number of piperidine rings is 1. The highest BCUT2D eigenvalue weighted by Crippen LogP contribution is 2.32. The minimum Gasteiger partial charge on any atom is -0.366 e. The highest BCUT2D eigenvalue weighted by atomic mass is 19.1. The summed E-state index contributed by atoms with van der Waals surface area (Å²) in [7, 11) is 0. The van der Waals surface area contributed by atoms with Gasteiger partial charge in [-0.1, -0.05) is 19.3 Å². The first kappa shape index (κ1) is 18.8. The molecule has 2 N–H and O–H groups in total. The quantitative estimate of drug-likeness (QED) is 0.877. The van der Waals surface area contributed by atoms with Crippen molar-refractivity contribution < 1.29 is 14.0 Å². The first-order valence-corrected chi connectivity index (χ1v) is 10.2. The normalized spacial score (nSPS) is 21.0. The maximum atomic E-state index is 13.6. The Labute approximate surface area is 164 Å². The lowest BCUT2D eigenvalue weighted by Gasteiger charge is -2.36. The zero-order valence-corrected chi connectivity index (χ0v) is 16.0. The molecular formula is C22H26FN3O2. The van der Waals surface area contributed by atoms with Crippen LogP contribution in [0, 0.1) is 11.7 Å². The number of pyridine rings is 1. The van der Waals surface area contributed by atoms with Gasteiger partial charge in [-0.25, -0.2) is 4.39 Å². The van der Waals surface area contributed by atoms with E-state index in [9.17, 15) is 14.0 Å². The molecule has 1 saturated heterocycles. The Morgan fingerprint density at radius 2 is 1.86 bits per heavy atom. The number of benzene rings is 1. The van der Waals surface area contributed by atoms with Crippen molar-refractivity contribution in [3.05, 3.63) is 41.3 Å². The minimum atomic E-state index is -0.565. The Kier molecular flexibility index (Phi) is 5.29. The number of carbonyl (C=O) groups is 2. The average Bonchev–Trinajstić information content (AvgIpc) is 2.73. The molecule has 2 fully saturated rings. The number of fused-ring (bicyclic) bond motifs is 1. The van der Waals surface area contributed by atoms with Gasteiger partial charge in [0.2, 0.25) is 5.91 Å². The van der Waals surface area contributed by atoms with Crippen molar-refractivity contribution in [1.82, 2.24) is 9.88 Å². The summed E-state index contributed by atoms with van der Waals surface area (Å²) in [5.41, 5.74) is 7.21. The predicted octanol–water partition coefficient (Wildman–Crippen LogP) is 3.76. The highest BCUT2D eigenvalue weighted by Gasteiger charge is 2.32. The topological polar surface area (TPSA) is 76.3 Å². The van der Waals surface area contributed by atoms with Crippen LogP contribution < -0.4 is 5.73 Å². The number of likely N-dealkylation sites (tertiary alicyclic amines) is 1. The molecule has 0 spiro atoms. The molecule has 0 radical (unpaired) electrons. The molecule has 0 bridgehead atoms. The van der Waals surface area contributed by atoms with E-state index >= 15 is 0 Å². The van der Waals surface area contributed by atoms with E-state index < -0.39 is 5.91 Å². The number of hydrogen-bond donors (Lipinski definition) is 1. The molecule has 2 amide bonds. The monoisotopic (exact) mass is 383 g/mol. The molecule has 1 aromatic heterocycles. The molecule has 2 aliphatic rings. The first-order chi connectivity index (χ1) is 13.5. The van der Waals surface area contributed by atoms with Gasteiger partial charge in [-0.05, 0) is 49.9 Å². The van der Waals surface area contributed by atoms with Crippen LogP contribution >= 0.6 is 0 Å². The van der Waals surface area contributed by atoms with E-state index in [4.69, 9.17) is 5.73 Å². The Morgan fingerprint density at radius 3 is 2.61 bits per heavy atom. The van der Waals surface area contributed by atoms with Crippen LogP contribution in [0.5, 0.6) is 0 Å². The summed E-state index contributed by atoms with van der Waals surface area (Å²) in [6.07, 6.45) is 7.16. The Morgan fingerprint density at radius 1 is 1.07 bits per heavy atom. The molecular weight excluding hydrogens is 357 g/mol. The van der Waals surface area contributed by atoms with Crippen molar-refractivity contribution in [2.24, 2.45) is 11.7 Å². The molecule has 6 heteroatoms. The second-order valence-corrected chi connectivity index (χ2v) is 8.08. The summed E-state index contributed by atoms with van der Waals surface area (Å²) in [6, 6.07) is 5.97. The van der Waals surface area contributed by atoms with Gasteiger partial charge >= 0.3 is 0 Å². The van der Waals surface area contributed by atoms with Crippen LogP contribution in [0.25, 0.3) is 10.9 Å². The summed E-state index contributed by atoms with van der Waals surface area (Å²) >= 11 is 0. The zero-order chi connectivity index (χ0) is 19.7. The summed E-state index contributed by atoms with van der Waals surface area (Å²) in [4.78, 5) is 31.6. The molecule has 1 atom stereocenters. The van der Waals surface area contributed by atoms with Gasteiger partial charge in [0, 0.05) is 30.3 Å². The molecule has 2 aromatic rings. The number of amides is 2. The number of halogens is 1. The van der Waals surface area contributed by atoms with E-state index in [-0.39, 0.29) is 23.6 Å². The second-order valence-electron chi connectivity index (χ2n) is 8.08. The average molecular weight is 383 g/mol. The molecule has 2 heterocycles. The molecule has 28 heavy (non-hydrogen) atoms. The van der Waals surface area contributed by atoms with Gasteiger partial charge in [0.1, 0.15) is 5.82 Å². The number of hydrogen-bond acceptors (Lipinski definition) is 3. The molecule has 4 rings (SSSR count). The fourth-order valence-corrected chi connectivity index (χ4v) is 4.68. The maximum Gasteiger partial charge on any atom is 0.250 e. The summed E-state index contributed by atoms with van der Waals surface area (Å²) in [5.74, 6) is -0.592. The molecule has 1 aliphatic heterocycles. The Balaban J connectivity index is 1.63. The van der Waals surface area contributed by atoms with Crippen LogP contribution in [0.2, 0.25) is 0 Å². The largest absolute Gasteiger partial charge is 0.366 e. The molecule has 1 aliphatic carbocycles. The highest BCUT2D eigenvalue weighted by molar-refractivity contribution is 5.98. The van der Waals surface area contributed by atoms with E-state index in [2.05, 4.69) is 4.98 Å². The summed E-state index contributed by atoms with van der Waals surface area (Å²) in [6.45, 7) is 1.33. The van der Waals surface area contributed by atoms with Crippen LogP contribution in [0.3, 0.4) is 0 Å². The molecule has 1 saturated carbocycles. The fraction of sp³-hybridized carbons (Fsp3) is 0.500. The number of aromatic nitrogens is 1. The smallest absolute Gasteiger partial charge is 0.250 e. The van der Waals surface area contributed by atoms with Crippen LogP contribution in [0.4, 0.5) is 4.39 Å². The van der Waals surface area contributed by atoms with Gasteiger partial charge in [-0.15, -0.1) is 0 Å². The van der Waals surface area contributed by atoms with Crippen molar-refractivity contribution in [2.45, 2.75) is 50.9 Å². The number of nitrogens with two attached hydrogens (primary N) is 1. The SMILES string of the molecule is NC(=O)c1cc2cc(F)ccc2nc1C1CCCN(C(=O)C2CCCCC2)C1. The van der Waals surface area contributed by atoms with Crippen LogP contribution in [0.15, 0.2) is 24.3 Å². The van der Waals surface area contributed by atoms with Gasteiger partial charge in [0.05, 0.1) is 16.8 Å². The molecule has 1 unspecified atom stereocenters. The van der Waals surface area contributed by atoms with Gasteiger partial charge in [-0.2, -0.15) is 0 Å². The number of nitrogens with zero attached hydrogens (tertiary/aromatic N) is 2. The third kappa shape index (κ3) is 3.73. The van der Waals surface area contributed by atoms with Crippen molar-refractivity contribution in [1.29, 1.82) is 0 Å². The van der Waals surface area contributed by atoms with E-state index in [1.54, 1.807) is 12.1 Å². The molecule has 5 nitrogen and oxygen atoms in total. The van der Waals surface area contributed by atoms with E-state index in [0.717, 1.165) is 45.1 Å². The van der Waals surface area contributed by atoms with Crippen molar-refractivity contribution in [3.63, 3.8) is 0 Å². The van der Waals surface area contributed by atoms with Crippen molar-refractivity contribution >= 4 is 22.7 Å². The summed E-state index contributed by atoms with van der Waals surface area (Å²) in [5, 5.41) is 0.559. The third-order valence-electron chi connectivity index (χ3n) is 6.15. The van der Waals surface area contributed by atoms with Crippen LogP contribution in [-0.4, -0.2) is 34.8 Å². The number of carbonyl (C=O) groups excluding carboxylic acids is 2. The zero-order valence-electron chi connectivity index (χ0n) is 16.0. The minimum absolute atomic E-state index is 0.0294. The lowest BCUT2D eigenvalue weighted by Crippen LogP contribution is -2.43. The van der Waals surface area contributed by atoms with Gasteiger partial charge in [0.25, 0.3) is 5.91 Å². The second kappa shape index (κ2) is 7.86. The predicted molar refractivity (Wildman–Crippen MR) is 105 cm³/mol. The molecule has 1 aromatic carbocycles. The third-order valence-corrected chi connectivity index (χ3v) is 6.15. The number of rotatable bonds is 3. The van der Waals surface area contributed by atoms with Crippen LogP contribution in [-0.2, 0) is 4.79 Å². The van der Waals surface area contributed by atoms with Gasteiger partial charge < -0.3 is 10.6 Å². The van der Waals surface area contributed by atoms with Gasteiger partial charge in [0.15, 0.2) is 0 Å². The van der Waals surface area contributed by atoms with E-state index in [0.29, 0.717) is 28.7 Å². The van der Waals surface area contributed by atoms with Gasteiger partial charge in [-0.3, -0.25) is 14.6 Å². The Bertz CT molecular complexity index is 908. The Hall–Kier alpha value is -2.50. The fourth-order valence-electron chi connectivity index (χ4n) is 4.68. The first-order valence-electron chi connectivity index (χ1n) is 10.2. The lowest BCUT2D eigenvalue weighted by atomic mass is 9.86. The van der Waals surface area contributed by atoms with E-state index in [1.807, 2.05) is 4.90 Å².